The number of anilines is 2. The molecule has 2 heterocycles. The molecule has 3 rings (SSSR count). The standard InChI is InChI=1S/C22H24ClF4N5O2/c1-13-9-14(22(25,26)27)10-19(28-13)32-18(12-31(21(32)34)8-7-29(2)3)20(33)30(4)15-5-6-17(24)16(23)11-15/h5-6,9-11,18H,7-8,12H2,1-4H3. The number of halogens is 5. The molecule has 0 spiro atoms. The van der Waals surface area contributed by atoms with Crippen LogP contribution in [-0.2, 0) is 11.0 Å². The van der Waals surface area contributed by atoms with Crippen LogP contribution in [0.2, 0.25) is 5.02 Å². The van der Waals surface area contributed by atoms with Crippen molar-refractivity contribution in [2.24, 2.45) is 0 Å². The van der Waals surface area contributed by atoms with Gasteiger partial charge in [0, 0.05) is 31.5 Å². The number of benzene rings is 1. The first-order chi connectivity index (χ1) is 15.8. The predicted octanol–water partition coefficient (Wildman–Crippen LogP) is 4.04. The van der Waals surface area contributed by atoms with E-state index in [1.165, 1.54) is 35.9 Å². The average Bonchev–Trinajstić information content (AvgIpc) is 3.08. The van der Waals surface area contributed by atoms with Gasteiger partial charge in [-0.2, -0.15) is 13.2 Å². The molecule has 1 aromatic heterocycles. The molecular weight excluding hydrogens is 478 g/mol. The number of nitrogens with zero attached hydrogens (tertiary/aromatic N) is 5. The molecule has 3 amide bonds. The first-order valence-electron chi connectivity index (χ1n) is 10.3. The Morgan fingerprint density at radius 3 is 2.47 bits per heavy atom. The lowest BCUT2D eigenvalue weighted by molar-refractivity contribution is -0.137. The maximum absolute atomic E-state index is 13.6. The molecule has 1 saturated heterocycles. The number of hydrogen-bond acceptors (Lipinski definition) is 4. The van der Waals surface area contributed by atoms with E-state index in [2.05, 4.69) is 4.98 Å². The lowest BCUT2D eigenvalue weighted by Crippen LogP contribution is -2.47. The van der Waals surface area contributed by atoms with Gasteiger partial charge in [0.05, 0.1) is 17.1 Å². The quantitative estimate of drug-likeness (QED) is 0.561. The van der Waals surface area contributed by atoms with Gasteiger partial charge in [-0.15, -0.1) is 0 Å². The number of amides is 3. The van der Waals surface area contributed by atoms with Crippen molar-refractivity contribution in [1.82, 2.24) is 14.8 Å². The van der Waals surface area contributed by atoms with Gasteiger partial charge >= 0.3 is 12.2 Å². The third-order valence-corrected chi connectivity index (χ3v) is 5.71. The molecule has 1 unspecified atom stereocenters. The minimum absolute atomic E-state index is 0.0502. The summed E-state index contributed by atoms with van der Waals surface area (Å²) in [6.07, 6.45) is -4.66. The summed E-state index contributed by atoms with van der Waals surface area (Å²) < 4.78 is 53.9. The van der Waals surface area contributed by atoms with Gasteiger partial charge in [-0.25, -0.2) is 14.2 Å². The van der Waals surface area contributed by atoms with Crippen LogP contribution in [0.1, 0.15) is 11.3 Å². The van der Waals surface area contributed by atoms with E-state index in [-0.39, 0.29) is 35.3 Å². The maximum atomic E-state index is 13.6. The van der Waals surface area contributed by atoms with Crippen molar-refractivity contribution in [2.75, 3.05) is 50.6 Å². The van der Waals surface area contributed by atoms with Crippen LogP contribution in [0.4, 0.5) is 33.9 Å². The largest absolute Gasteiger partial charge is 0.416 e. The number of aryl methyl sites for hydroxylation is 1. The number of carbonyl (C=O) groups excluding carboxylic acids is 2. The van der Waals surface area contributed by atoms with Gasteiger partial charge in [-0.1, -0.05) is 11.6 Å². The Morgan fingerprint density at radius 2 is 1.88 bits per heavy atom. The second-order valence-corrected chi connectivity index (χ2v) is 8.67. The Labute approximate surface area is 199 Å². The summed E-state index contributed by atoms with van der Waals surface area (Å²) >= 11 is 5.83. The van der Waals surface area contributed by atoms with Gasteiger partial charge in [0.1, 0.15) is 17.7 Å². The van der Waals surface area contributed by atoms with Crippen LogP contribution >= 0.6 is 11.6 Å². The van der Waals surface area contributed by atoms with Gasteiger partial charge in [0.25, 0.3) is 5.91 Å². The molecule has 1 atom stereocenters. The Hall–Kier alpha value is -2.92. The molecule has 0 aliphatic carbocycles. The summed E-state index contributed by atoms with van der Waals surface area (Å²) in [5.74, 6) is -1.52. The monoisotopic (exact) mass is 501 g/mol. The van der Waals surface area contributed by atoms with Gasteiger partial charge in [-0.3, -0.25) is 9.69 Å². The molecule has 1 fully saturated rings. The fraction of sp³-hybridized carbons (Fsp3) is 0.409. The predicted molar refractivity (Wildman–Crippen MR) is 121 cm³/mol. The number of hydrogen-bond donors (Lipinski definition) is 0. The number of carbonyl (C=O) groups is 2. The minimum atomic E-state index is -4.66. The molecule has 0 bridgehead atoms. The van der Waals surface area contributed by atoms with E-state index in [4.69, 9.17) is 11.6 Å². The third-order valence-electron chi connectivity index (χ3n) is 5.42. The highest BCUT2D eigenvalue weighted by Gasteiger charge is 2.45. The van der Waals surface area contributed by atoms with Crippen LogP contribution in [0.3, 0.4) is 0 Å². The van der Waals surface area contributed by atoms with Crippen LogP contribution < -0.4 is 9.80 Å². The highest BCUT2D eigenvalue weighted by Crippen LogP contribution is 2.34. The highest BCUT2D eigenvalue weighted by atomic mass is 35.5. The van der Waals surface area contributed by atoms with E-state index in [9.17, 15) is 27.2 Å². The van der Waals surface area contributed by atoms with Gasteiger partial charge in [-0.05, 0) is 51.4 Å². The molecule has 1 aromatic carbocycles. The molecule has 12 heteroatoms. The van der Waals surface area contributed by atoms with Crippen molar-refractivity contribution >= 4 is 35.0 Å². The third kappa shape index (κ3) is 5.41. The maximum Gasteiger partial charge on any atom is 0.416 e. The molecule has 0 saturated carbocycles. The lowest BCUT2D eigenvalue weighted by atomic mass is 10.1. The molecule has 1 aliphatic rings. The molecule has 2 aromatic rings. The topological polar surface area (TPSA) is 60.0 Å². The molecule has 34 heavy (non-hydrogen) atoms. The Bertz CT molecular complexity index is 1100. The zero-order chi connectivity index (χ0) is 25.4. The van der Waals surface area contributed by atoms with Crippen LogP contribution in [0.5, 0.6) is 0 Å². The summed E-state index contributed by atoms with van der Waals surface area (Å²) in [7, 11) is 5.04. The number of pyridine rings is 1. The average molecular weight is 502 g/mol. The normalized spacial score (nSPS) is 16.5. The lowest BCUT2D eigenvalue weighted by Gasteiger charge is -2.27. The molecule has 0 N–H and O–H groups in total. The first kappa shape index (κ1) is 25.7. The number of alkyl halides is 3. The van der Waals surface area contributed by atoms with Crippen molar-refractivity contribution in [1.29, 1.82) is 0 Å². The van der Waals surface area contributed by atoms with Crippen molar-refractivity contribution in [3.63, 3.8) is 0 Å². The second-order valence-electron chi connectivity index (χ2n) is 8.27. The Balaban J connectivity index is 2.02. The van der Waals surface area contributed by atoms with E-state index < -0.39 is 35.5 Å². The van der Waals surface area contributed by atoms with Gasteiger partial charge in [0.2, 0.25) is 0 Å². The fourth-order valence-electron chi connectivity index (χ4n) is 3.59. The number of likely N-dealkylation sites (N-methyl/N-ethyl adjacent to an activating group) is 2. The van der Waals surface area contributed by atoms with Crippen LogP contribution in [0, 0.1) is 12.7 Å². The smallest absolute Gasteiger partial charge is 0.320 e. The number of urea groups is 1. The van der Waals surface area contributed by atoms with E-state index in [1.54, 1.807) is 0 Å². The van der Waals surface area contributed by atoms with E-state index in [1.807, 2.05) is 19.0 Å². The molecule has 1 aliphatic heterocycles. The Kier molecular flexibility index (Phi) is 7.37. The fourth-order valence-corrected chi connectivity index (χ4v) is 3.77. The van der Waals surface area contributed by atoms with E-state index in [0.29, 0.717) is 6.54 Å². The van der Waals surface area contributed by atoms with Crippen LogP contribution in [0.25, 0.3) is 0 Å². The highest BCUT2D eigenvalue weighted by molar-refractivity contribution is 6.31. The van der Waals surface area contributed by atoms with Gasteiger partial charge in [0.15, 0.2) is 0 Å². The van der Waals surface area contributed by atoms with E-state index in [0.717, 1.165) is 23.1 Å². The first-order valence-corrected chi connectivity index (χ1v) is 10.7. The number of aromatic nitrogens is 1. The second kappa shape index (κ2) is 9.75. The van der Waals surface area contributed by atoms with Crippen molar-refractivity contribution < 1.29 is 27.2 Å². The molecular formula is C22H24ClF4N5O2. The molecule has 7 nitrogen and oxygen atoms in total. The summed E-state index contributed by atoms with van der Waals surface area (Å²) in [5.41, 5.74) is -0.655. The summed E-state index contributed by atoms with van der Waals surface area (Å²) in [5, 5.41) is -0.195. The van der Waals surface area contributed by atoms with Crippen molar-refractivity contribution in [2.45, 2.75) is 19.1 Å². The molecule has 184 valence electrons. The minimum Gasteiger partial charge on any atom is -0.320 e. The Morgan fingerprint density at radius 1 is 1.21 bits per heavy atom. The summed E-state index contributed by atoms with van der Waals surface area (Å²) in [6, 6.07) is 3.55. The summed E-state index contributed by atoms with van der Waals surface area (Å²) in [6.45, 7) is 2.07. The molecule has 0 radical (unpaired) electrons. The van der Waals surface area contributed by atoms with E-state index >= 15 is 0 Å². The van der Waals surface area contributed by atoms with Crippen molar-refractivity contribution in [3.8, 4) is 0 Å². The number of rotatable bonds is 6. The zero-order valence-electron chi connectivity index (χ0n) is 19.0. The van der Waals surface area contributed by atoms with Crippen molar-refractivity contribution in [3.05, 3.63) is 52.4 Å². The van der Waals surface area contributed by atoms with Crippen LogP contribution in [-0.4, -0.2) is 73.5 Å². The summed E-state index contributed by atoms with van der Waals surface area (Å²) in [4.78, 5) is 36.2. The SMILES string of the molecule is Cc1cc(C(F)(F)F)cc(N2C(=O)N(CCN(C)C)CC2C(=O)N(C)c2ccc(F)c(Cl)c2)n1. The van der Waals surface area contributed by atoms with Crippen LogP contribution in [0.15, 0.2) is 30.3 Å². The van der Waals surface area contributed by atoms with Gasteiger partial charge < -0.3 is 14.7 Å². The zero-order valence-corrected chi connectivity index (χ0v) is 19.8.